The molecule has 2 N–H and O–H groups in total. The predicted molar refractivity (Wildman–Crippen MR) is 86.5 cm³/mol. The Morgan fingerprint density at radius 3 is 2.67 bits per heavy atom. The van der Waals surface area contributed by atoms with E-state index in [1.807, 2.05) is 25.1 Å². The van der Waals surface area contributed by atoms with Gasteiger partial charge in [-0.25, -0.2) is 0 Å². The fraction of sp³-hybridized carbons (Fsp3) is 0.529. The van der Waals surface area contributed by atoms with Crippen LogP contribution in [0.5, 0.6) is 0 Å². The second-order valence-corrected chi connectivity index (χ2v) is 5.45. The van der Waals surface area contributed by atoms with Gasteiger partial charge < -0.3 is 14.9 Å². The van der Waals surface area contributed by atoms with Crippen LogP contribution in [-0.4, -0.2) is 37.7 Å². The Balaban J connectivity index is 2.45. The van der Waals surface area contributed by atoms with Gasteiger partial charge in [0.15, 0.2) is 0 Å². The average Bonchev–Trinajstić information content (AvgIpc) is 2.80. The number of hydrogen-bond donors (Lipinski definition) is 1. The van der Waals surface area contributed by atoms with Crippen molar-refractivity contribution < 1.29 is 9.15 Å². The molecule has 2 atom stereocenters. The smallest absolute Gasteiger partial charge is 0.134 e. The third-order valence-electron chi connectivity index (χ3n) is 4.12. The molecule has 2 unspecified atom stereocenters. The molecule has 0 spiro atoms. The fourth-order valence-electron chi connectivity index (χ4n) is 3.20. The van der Waals surface area contributed by atoms with Gasteiger partial charge in [-0.15, -0.1) is 0 Å². The standard InChI is InChI=1S/C17H26N2O2/c1-5-19(12(2)11-20-4)15(10-18)17-13(3)21-16-9-7-6-8-14(16)17/h6-9,12,15H,5,10-11,18H2,1-4H3. The Morgan fingerprint density at radius 2 is 2.05 bits per heavy atom. The second-order valence-electron chi connectivity index (χ2n) is 5.45. The van der Waals surface area contributed by atoms with E-state index in [1.165, 1.54) is 5.56 Å². The van der Waals surface area contributed by atoms with E-state index in [9.17, 15) is 0 Å². The minimum absolute atomic E-state index is 0.142. The topological polar surface area (TPSA) is 51.6 Å². The molecule has 0 aliphatic heterocycles. The summed E-state index contributed by atoms with van der Waals surface area (Å²) in [5.41, 5.74) is 8.25. The van der Waals surface area contributed by atoms with Gasteiger partial charge in [0.25, 0.3) is 0 Å². The lowest BCUT2D eigenvalue weighted by molar-refractivity contribution is 0.0750. The van der Waals surface area contributed by atoms with Crippen molar-refractivity contribution in [1.82, 2.24) is 4.90 Å². The lowest BCUT2D eigenvalue weighted by Gasteiger charge is -2.35. The van der Waals surface area contributed by atoms with Gasteiger partial charge in [0.2, 0.25) is 0 Å². The molecule has 1 aromatic heterocycles. The predicted octanol–water partition coefficient (Wildman–Crippen LogP) is 3.10. The first kappa shape index (κ1) is 16.0. The van der Waals surface area contributed by atoms with E-state index < -0.39 is 0 Å². The Bertz CT molecular complexity index is 579. The Hall–Kier alpha value is -1.36. The molecule has 0 fully saturated rings. The number of nitrogens with zero attached hydrogens (tertiary/aromatic N) is 1. The maximum absolute atomic E-state index is 6.11. The average molecular weight is 290 g/mol. The molecule has 4 nitrogen and oxygen atoms in total. The number of fused-ring (bicyclic) bond motifs is 1. The molecular weight excluding hydrogens is 264 g/mol. The van der Waals surface area contributed by atoms with Crippen LogP contribution in [0.2, 0.25) is 0 Å². The number of nitrogens with two attached hydrogens (primary N) is 1. The van der Waals surface area contributed by atoms with Gasteiger partial charge in [-0.2, -0.15) is 0 Å². The third kappa shape index (κ3) is 3.12. The highest BCUT2D eigenvalue weighted by molar-refractivity contribution is 5.82. The molecule has 116 valence electrons. The molecular formula is C17H26N2O2. The normalized spacial score (nSPS) is 14.8. The minimum Gasteiger partial charge on any atom is -0.461 e. The lowest BCUT2D eigenvalue weighted by atomic mass is 10.00. The molecule has 0 saturated carbocycles. The Morgan fingerprint density at radius 1 is 1.33 bits per heavy atom. The fourth-order valence-corrected chi connectivity index (χ4v) is 3.20. The summed E-state index contributed by atoms with van der Waals surface area (Å²) in [6.07, 6.45) is 0. The van der Waals surface area contributed by atoms with Crippen molar-refractivity contribution in [3.05, 3.63) is 35.6 Å². The van der Waals surface area contributed by atoms with E-state index in [1.54, 1.807) is 7.11 Å². The summed E-state index contributed by atoms with van der Waals surface area (Å²) in [5, 5.41) is 1.16. The molecule has 1 aromatic carbocycles. The van der Waals surface area contributed by atoms with Gasteiger partial charge in [-0.05, 0) is 26.5 Å². The van der Waals surface area contributed by atoms with Gasteiger partial charge in [0, 0.05) is 30.6 Å². The van der Waals surface area contributed by atoms with Crippen molar-refractivity contribution in [3.63, 3.8) is 0 Å². The van der Waals surface area contributed by atoms with Crippen LogP contribution in [0.25, 0.3) is 11.0 Å². The van der Waals surface area contributed by atoms with Crippen molar-refractivity contribution in [2.24, 2.45) is 5.73 Å². The zero-order chi connectivity index (χ0) is 15.4. The summed E-state index contributed by atoms with van der Waals surface area (Å²) in [4.78, 5) is 2.38. The highest BCUT2D eigenvalue weighted by Gasteiger charge is 2.27. The van der Waals surface area contributed by atoms with E-state index >= 15 is 0 Å². The minimum atomic E-state index is 0.142. The third-order valence-corrected chi connectivity index (χ3v) is 4.12. The van der Waals surface area contributed by atoms with Gasteiger partial charge in [0.1, 0.15) is 11.3 Å². The number of likely N-dealkylation sites (N-methyl/N-ethyl adjacent to an activating group) is 1. The molecule has 0 aliphatic carbocycles. The molecule has 0 radical (unpaired) electrons. The van der Waals surface area contributed by atoms with Crippen molar-refractivity contribution in [2.45, 2.75) is 32.9 Å². The molecule has 2 rings (SSSR count). The molecule has 0 saturated heterocycles. The van der Waals surface area contributed by atoms with E-state index in [-0.39, 0.29) is 6.04 Å². The summed E-state index contributed by atoms with van der Waals surface area (Å²) in [7, 11) is 1.74. The van der Waals surface area contributed by atoms with Gasteiger partial charge in [0.05, 0.1) is 12.6 Å². The number of hydrogen-bond acceptors (Lipinski definition) is 4. The van der Waals surface area contributed by atoms with E-state index in [0.29, 0.717) is 19.2 Å². The first-order valence-electron chi connectivity index (χ1n) is 7.56. The Labute approximate surface area is 126 Å². The van der Waals surface area contributed by atoms with Crippen LogP contribution in [0.4, 0.5) is 0 Å². The lowest BCUT2D eigenvalue weighted by Crippen LogP contribution is -2.42. The number of furan rings is 1. The van der Waals surface area contributed by atoms with Crippen LogP contribution in [0.1, 0.15) is 31.2 Å². The molecule has 0 bridgehead atoms. The van der Waals surface area contributed by atoms with E-state index in [2.05, 4.69) is 24.8 Å². The summed E-state index contributed by atoms with van der Waals surface area (Å²) >= 11 is 0. The van der Waals surface area contributed by atoms with Crippen molar-refractivity contribution in [3.8, 4) is 0 Å². The van der Waals surface area contributed by atoms with Crippen LogP contribution < -0.4 is 5.73 Å². The first-order valence-corrected chi connectivity index (χ1v) is 7.56. The number of ether oxygens (including phenoxy) is 1. The van der Waals surface area contributed by atoms with Gasteiger partial charge in [-0.1, -0.05) is 25.1 Å². The summed E-state index contributed by atoms with van der Waals surface area (Å²) in [6, 6.07) is 8.61. The summed E-state index contributed by atoms with van der Waals surface area (Å²) in [5.74, 6) is 0.953. The van der Waals surface area contributed by atoms with Crippen LogP contribution in [0, 0.1) is 6.92 Å². The number of aryl methyl sites for hydroxylation is 1. The maximum Gasteiger partial charge on any atom is 0.134 e. The number of rotatable bonds is 7. The Kier molecular flexibility index (Phi) is 5.39. The van der Waals surface area contributed by atoms with Crippen LogP contribution in [-0.2, 0) is 4.74 Å². The molecule has 1 heterocycles. The number of methoxy groups -OCH3 is 1. The van der Waals surface area contributed by atoms with E-state index in [0.717, 1.165) is 23.3 Å². The van der Waals surface area contributed by atoms with Crippen molar-refractivity contribution in [2.75, 3.05) is 26.8 Å². The zero-order valence-electron chi connectivity index (χ0n) is 13.4. The maximum atomic E-state index is 6.11. The van der Waals surface area contributed by atoms with E-state index in [4.69, 9.17) is 14.9 Å². The highest BCUT2D eigenvalue weighted by Crippen LogP contribution is 2.33. The number of para-hydroxylation sites is 1. The quantitative estimate of drug-likeness (QED) is 0.851. The molecule has 2 aromatic rings. The van der Waals surface area contributed by atoms with Crippen molar-refractivity contribution >= 4 is 11.0 Å². The molecule has 21 heavy (non-hydrogen) atoms. The van der Waals surface area contributed by atoms with Gasteiger partial charge >= 0.3 is 0 Å². The number of benzene rings is 1. The van der Waals surface area contributed by atoms with Gasteiger partial charge in [-0.3, -0.25) is 4.90 Å². The zero-order valence-corrected chi connectivity index (χ0v) is 13.4. The first-order chi connectivity index (χ1) is 10.1. The molecule has 4 heteroatoms. The SMILES string of the molecule is CCN(C(C)COC)C(CN)c1c(C)oc2ccccc12. The summed E-state index contributed by atoms with van der Waals surface area (Å²) in [6.45, 7) is 8.53. The monoisotopic (exact) mass is 290 g/mol. The van der Waals surface area contributed by atoms with Crippen molar-refractivity contribution in [1.29, 1.82) is 0 Å². The molecule has 0 aliphatic rings. The molecule has 0 amide bonds. The largest absolute Gasteiger partial charge is 0.461 e. The second kappa shape index (κ2) is 7.07. The highest BCUT2D eigenvalue weighted by atomic mass is 16.5. The van der Waals surface area contributed by atoms with Crippen LogP contribution in [0.3, 0.4) is 0 Å². The van der Waals surface area contributed by atoms with Crippen LogP contribution in [0.15, 0.2) is 28.7 Å². The van der Waals surface area contributed by atoms with Crippen LogP contribution >= 0.6 is 0 Å². The summed E-state index contributed by atoms with van der Waals surface area (Å²) < 4.78 is 11.2.